The molecule has 1 rings (SSSR count). The molecule has 0 saturated heterocycles. The lowest BCUT2D eigenvalue weighted by Gasteiger charge is -2.24. The van der Waals surface area contributed by atoms with E-state index in [1.54, 1.807) is 0 Å². The summed E-state index contributed by atoms with van der Waals surface area (Å²) in [5.41, 5.74) is 0. The van der Waals surface area contributed by atoms with E-state index in [0.29, 0.717) is 12.2 Å². The fraction of sp³-hybridized carbons (Fsp3) is 0.857. The minimum Gasteiger partial charge on any atom is -0.133 e. The highest BCUT2D eigenvalue weighted by molar-refractivity contribution is 6.74. The highest BCUT2D eigenvalue weighted by Crippen LogP contribution is 2.48. The van der Waals surface area contributed by atoms with Gasteiger partial charge in [0.15, 0.2) is 5.82 Å². The van der Waals surface area contributed by atoms with E-state index in [4.69, 9.17) is 58.0 Å². The molecule has 0 atom stereocenters. The van der Waals surface area contributed by atoms with Crippen LogP contribution in [0.15, 0.2) is 0 Å². The van der Waals surface area contributed by atoms with Gasteiger partial charge in [-0.25, -0.2) is 0 Å². The number of halogens is 5. The Labute approximate surface area is 118 Å². The molecule has 0 N–H and O–H groups in total. The van der Waals surface area contributed by atoms with Gasteiger partial charge in [-0.1, -0.05) is 71.3 Å². The molecule has 1 aromatic rings. The molecule has 92 valence electrons. The van der Waals surface area contributed by atoms with Crippen molar-refractivity contribution in [1.29, 1.82) is 0 Å². The Hall–Kier alpha value is 0.520. The van der Waals surface area contributed by atoms with E-state index in [9.17, 15) is 0 Å². The highest BCUT2D eigenvalue weighted by Gasteiger charge is 2.50. The van der Waals surface area contributed by atoms with Crippen LogP contribution in [0.3, 0.4) is 0 Å². The Balaban J connectivity index is 2.85. The lowest BCUT2D eigenvalue weighted by atomic mass is 10.2. The van der Waals surface area contributed by atoms with Crippen LogP contribution in [0.1, 0.15) is 25.6 Å². The molecular weight excluding hydrogens is 317 g/mol. The molecule has 0 saturated carbocycles. The maximum absolute atomic E-state index is 5.85. The van der Waals surface area contributed by atoms with E-state index in [0.717, 1.165) is 17.6 Å². The minimum atomic E-state index is -1.95. The average Bonchev–Trinajstić information content (AvgIpc) is 2.61. The summed E-state index contributed by atoms with van der Waals surface area (Å²) in [5, 5.41) is 11.4. The van der Waals surface area contributed by atoms with Gasteiger partial charge in [0.25, 0.3) is 4.46 Å². The second kappa shape index (κ2) is 5.44. The summed E-state index contributed by atoms with van der Waals surface area (Å²) in [6.07, 6.45) is 2.64. The second-order valence-corrected chi connectivity index (χ2v) is 6.71. The minimum absolute atomic E-state index is 0.516. The Morgan fingerprint density at radius 3 is 2.31 bits per heavy atom. The quantitative estimate of drug-likeness (QED) is 0.796. The third-order valence-corrected chi connectivity index (χ3v) is 4.07. The zero-order valence-corrected chi connectivity index (χ0v) is 12.1. The third kappa shape index (κ3) is 3.26. The molecule has 4 nitrogen and oxygen atoms in total. The first-order valence-electron chi connectivity index (χ1n) is 4.53. The summed E-state index contributed by atoms with van der Waals surface area (Å²) < 4.78 is -3.83. The van der Waals surface area contributed by atoms with Gasteiger partial charge in [0.05, 0.1) is 0 Å². The molecule has 0 amide bonds. The highest BCUT2D eigenvalue weighted by atomic mass is 35.6. The normalized spacial score (nSPS) is 13.1. The van der Waals surface area contributed by atoms with Crippen LogP contribution in [0.5, 0.6) is 0 Å². The van der Waals surface area contributed by atoms with Crippen LogP contribution < -0.4 is 0 Å². The van der Waals surface area contributed by atoms with Crippen molar-refractivity contribution in [2.24, 2.45) is 0 Å². The van der Waals surface area contributed by atoms with Crippen molar-refractivity contribution in [1.82, 2.24) is 20.2 Å². The summed E-state index contributed by atoms with van der Waals surface area (Å²) >= 11 is 28.5. The monoisotopic (exact) mass is 324 g/mol. The largest absolute Gasteiger partial charge is 0.276 e. The molecule has 1 aromatic heterocycles. The molecule has 0 bridgehead atoms. The molecule has 0 unspecified atom stereocenters. The van der Waals surface area contributed by atoms with Crippen LogP contribution >= 0.6 is 58.0 Å². The Kier molecular flexibility index (Phi) is 4.96. The molecule has 9 heteroatoms. The summed E-state index contributed by atoms with van der Waals surface area (Å²) in [6.45, 7) is 2.05. The molecule has 1 heterocycles. The topological polar surface area (TPSA) is 43.6 Å². The van der Waals surface area contributed by atoms with Gasteiger partial charge >= 0.3 is 0 Å². The Morgan fingerprint density at radius 2 is 1.81 bits per heavy atom. The molecule has 0 spiro atoms. The fourth-order valence-electron chi connectivity index (χ4n) is 0.911. The van der Waals surface area contributed by atoms with Crippen LogP contribution in [-0.4, -0.2) is 24.0 Å². The van der Waals surface area contributed by atoms with E-state index in [-0.39, 0.29) is 0 Å². The van der Waals surface area contributed by atoms with Gasteiger partial charge in [-0.15, -0.1) is 15.0 Å². The molecule has 0 aliphatic heterocycles. The van der Waals surface area contributed by atoms with Gasteiger partial charge in [-0.05, 0) is 11.6 Å². The summed E-state index contributed by atoms with van der Waals surface area (Å²) in [5.74, 6) is 0.516. The van der Waals surface area contributed by atoms with E-state index in [1.165, 1.54) is 0 Å². The third-order valence-electron chi connectivity index (χ3n) is 1.80. The number of hydrogen-bond acceptors (Lipinski definition) is 3. The van der Waals surface area contributed by atoms with Crippen molar-refractivity contribution < 1.29 is 0 Å². The van der Waals surface area contributed by atoms with Crippen LogP contribution in [0.2, 0.25) is 0 Å². The lowest BCUT2D eigenvalue weighted by molar-refractivity contribution is 0.458. The standard InChI is InChI=1S/C7H9Cl5N4/c1-2-3-4-5-13-15-16(14-5)7(11,12)6(8,9)10/h2-4H2,1H3. The summed E-state index contributed by atoms with van der Waals surface area (Å²) in [4.78, 5) is 0.897. The van der Waals surface area contributed by atoms with Gasteiger partial charge in [-0.3, -0.25) is 0 Å². The van der Waals surface area contributed by atoms with Gasteiger partial charge in [0.1, 0.15) is 0 Å². The zero-order valence-electron chi connectivity index (χ0n) is 8.30. The average molecular weight is 326 g/mol. The van der Waals surface area contributed by atoms with E-state index < -0.39 is 8.25 Å². The first-order chi connectivity index (χ1) is 7.29. The van der Waals surface area contributed by atoms with Gasteiger partial charge in [0, 0.05) is 6.42 Å². The zero-order chi connectivity index (χ0) is 12.4. The number of aromatic nitrogens is 4. The molecule has 0 aromatic carbocycles. The first-order valence-corrected chi connectivity index (χ1v) is 6.42. The smallest absolute Gasteiger partial charge is 0.133 e. The lowest BCUT2D eigenvalue weighted by Crippen LogP contribution is -2.36. The van der Waals surface area contributed by atoms with Crippen molar-refractivity contribution in [3.05, 3.63) is 5.82 Å². The van der Waals surface area contributed by atoms with Gasteiger partial charge < -0.3 is 0 Å². The van der Waals surface area contributed by atoms with Crippen molar-refractivity contribution in [2.75, 3.05) is 0 Å². The number of tetrazole rings is 1. The van der Waals surface area contributed by atoms with Crippen molar-refractivity contribution in [3.8, 4) is 0 Å². The van der Waals surface area contributed by atoms with Gasteiger partial charge in [0.2, 0.25) is 3.79 Å². The summed E-state index contributed by atoms with van der Waals surface area (Å²) in [6, 6.07) is 0. The van der Waals surface area contributed by atoms with Crippen LogP contribution in [0.25, 0.3) is 0 Å². The van der Waals surface area contributed by atoms with Crippen LogP contribution in [0.4, 0.5) is 0 Å². The molecule has 0 aliphatic rings. The van der Waals surface area contributed by atoms with Crippen molar-refractivity contribution in [3.63, 3.8) is 0 Å². The summed E-state index contributed by atoms with van der Waals surface area (Å²) in [7, 11) is 0. The number of nitrogens with zero attached hydrogens (tertiary/aromatic N) is 4. The maximum atomic E-state index is 5.85. The number of rotatable bonds is 4. The Morgan fingerprint density at radius 1 is 1.19 bits per heavy atom. The first kappa shape index (κ1) is 14.6. The number of hydrogen-bond donors (Lipinski definition) is 0. The molecule has 0 radical (unpaired) electrons. The molecule has 16 heavy (non-hydrogen) atoms. The number of alkyl halides is 5. The SMILES string of the molecule is CCCCc1nnn(C(Cl)(Cl)C(Cl)(Cl)Cl)n1. The number of aryl methyl sites for hydroxylation is 1. The van der Waals surface area contributed by atoms with E-state index in [2.05, 4.69) is 22.3 Å². The van der Waals surface area contributed by atoms with Crippen molar-refractivity contribution in [2.45, 2.75) is 34.4 Å². The predicted molar refractivity (Wildman–Crippen MR) is 66.4 cm³/mol. The number of unbranched alkanes of at least 4 members (excludes halogenated alkanes) is 1. The molecular formula is C7H9Cl5N4. The molecule has 0 fully saturated rings. The van der Waals surface area contributed by atoms with Crippen molar-refractivity contribution >= 4 is 58.0 Å². The van der Waals surface area contributed by atoms with Gasteiger partial charge in [-0.2, -0.15) is 0 Å². The van der Waals surface area contributed by atoms with E-state index in [1.807, 2.05) is 0 Å². The second-order valence-electron chi connectivity index (χ2n) is 3.14. The van der Waals surface area contributed by atoms with Crippen LogP contribution in [-0.2, 0) is 10.9 Å². The Bertz CT molecular complexity index is 345. The fourth-order valence-corrected chi connectivity index (χ4v) is 1.28. The predicted octanol–water partition coefficient (Wildman–Crippen LogP) is 3.47. The molecule has 0 aliphatic carbocycles. The van der Waals surface area contributed by atoms with E-state index >= 15 is 0 Å². The van der Waals surface area contributed by atoms with Crippen LogP contribution in [0, 0.1) is 0 Å². The maximum Gasteiger partial charge on any atom is 0.276 e.